The Morgan fingerprint density at radius 2 is 1.95 bits per heavy atom. The van der Waals surface area contributed by atoms with Crippen molar-refractivity contribution in [3.05, 3.63) is 63.4 Å². The number of nitrogens with zero attached hydrogens (tertiary/aromatic N) is 1. The van der Waals surface area contributed by atoms with Crippen LogP contribution in [-0.4, -0.2) is 57.8 Å². The van der Waals surface area contributed by atoms with E-state index >= 15 is 4.39 Å². The van der Waals surface area contributed by atoms with Crippen LogP contribution in [0.4, 0.5) is 4.39 Å². The summed E-state index contributed by atoms with van der Waals surface area (Å²) >= 11 is 0. The highest BCUT2D eigenvalue weighted by atomic mass is 31.2. The van der Waals surface area contributed by atoms with Crippen molar-refractivity contribution in [3.8, 4) is 5.75 Å². The molecule has 210 valence electrons. The molecule has 3 rings (SSSR count). The maximum atomic E-state index is 15.5. The number of esters is 1. The minimum absolute atomic E-state index is 0.157. The van der Waals surface area contributed by atoms with Gasteiger partial charge in [0.15, 0.2) is 11.9 Å². The third kappa shape index (κ3) is 7.39. The van der Waals surface area contributed by atoms with Crippen molar-refractivity contribution in [2.24, 2.45) is 5.92 Å². The zero-order valence-corrected chi connectivity index (χ0v) is 22.4. The maximum Gasteiger partial charge on any atom is 0.459 e. The van der Waals surface area contributed by atoms with E-state index in [1.807, 2.05) is 18.8 Å². The molecule has 2 aromatic rings. The Hall–Kier alpha value is -2.83. The lowest BCUT2D eigenvalue weighted by Gasteiger charge is -2.25. The van der Waals surface area contributed by atoms with Crippen LogP contribution in [-0.2, 0) is 23.4 Å². The van der Waals surface area contributed by atoms with Gasteiger partial charge in [-0.25, -0.2) is 13.8 Å². The molecule has 0 radical (unpaired) electrons. The van der Waals surface area contributed by atoms with Gasteiger partial charge in [0, 0.05) is 12.3 Å². The van der Waals surface area contributed by atoms with Gasteiger partial charge >= 0.3 is 19.4 Å². The van der Waals surface area contributed by atoms with E-state index in [-0.39, 0.29) is 12.4 Å². The number of ether oxygens (including phenoxy) is 2. The first-order chi connectivity index (χ1) is 17.8. The van der Waals surface area contributed by atoms with E-state index in [0.29, 0.717) is 12.3 Å². The number of aromatic nitrogens is 2. The summed E-state index contributed by atoms with van der Waals surface area (Å²) in [5.41, 5.74) is -4.11. The molecule has 6 atom stereocenters. The fraction of sp³-hybridized carbons (Fsp3) is 0.542. The highest BCUT2D eigenvalue weighted by Gasteiger charge is 2.55. The number of benzene rings is 1. The number of hydrogen-bond acceptors (Lipinski definition) is 9. The normalized spacial score (nSPS) is 25.6. The first-order valence-corrected chi connectivity index (χ1v) is 13.6. The summed E-state index contributed by atoms with van der Waals surface area (Å²) < 4.78 is 51.7. The van der Waals surface area contributed by atoms with E-state index in [4.69, 9.17) is 18.5 Å². The van der Waals surface area contributed by atoms with Crippen LogP contribution in [0.3, 0.4) is 0 Å². The predicted octanol–water partition coefficient (Wildman–Crippen LogP) is 2.29. The number of carbonyl (C=O) groups is 1. The fourth-order valence-electron chi connectivity index (χ4n) is 3.65. The van der Waals surface area contributed by atoms with Crippen LogP contribution >= 0.6 is 7.75 Å². The SMILES string of the molecule is CC(C)CCOC(=O)[C@H](C)NP(=O)(OC[C@H]1O[C@@H](n2ccc(=O)[nH]c2=O)C(C)(F)[C@@H]1O)Oc1ccccc1. The molecule has 12 nitrogen and oxygen atoms in total. The van der Waals surface area contributed by atoms with E-state index in [2.05, 4.69) is 5.09 Å². The number of nitrogens with one attached hydrogen (secondary N) is 2. The van der Waals surface area contributed by atoms with Crippen molar-refractivity contribution >= 4 is 13.7 Å². The monoisotopic (exact) mass is 557 g/mol. The van der Waals surface area contributed by atoms with Crippen molar-refractivity contribution in [3.63, 3.8) is 0 Å². The molecule has 14 heteroatoms. The number of aromatic amines is 1. The lowest BCUT2D eigenvalue weighted by atomic mass is 9.98. The van der Waals surface area contributed by atoms with Crippen molar-refractivity contribution in [1.29, 1.82) is 0 Å². The van der Waals surface area contributed by atoms with E-state index in [9.17, 15) is 24.1 Å². The molecule has 0 saturated carbocycles. The van der Waals surface area contributed by atoms with E-state index in [1.165, 1.54) is 19.1 Å². The highest BCUT2D eigenvalue weighted by Crippen LogP contribution is 2.47. The van der Waals surface area contributed by atoms with Crippen LogP contribution in [0.15, 0.2) is 52.2 Å². The fourth-order valence-corrected chi connectivity index (χ4v) is 5.16. The predicted molar refractivity (Wildman–Crippen MR) is 134 cm³/mol. The molecule has 0 spiro atoms. The highest BCUT2D eigenvalue weighted by molar-refractivity contribution is 7.52. The van der Waals surface area contributed by atoms with Gasteiger partial charge in [0.05, 0.1) is 13.2 Å². The molecule has 0 amide bonds. The Balaban J connectivity index is 1.75. The molecule has 2 heterocycles. The van der Waals surface area contributed by atoms with Gasteiger partial charge in [-0.05, 0) is 38.3 Å². The van der Waals surface area contributed by atoms with Gasteiger partial charge in [0.1, 0.15) is 24.0 Å². The minimum atomic E-state index is -4.31. The number of para-hydroxylation sites is 1. The quantitative estimate of drug-likeness (QED) is 0.261. The topological polar surface area (TPSA) is 158 Å². The van der Waals surface area contributed by atoms with E-state index < -0.39 is 61.7 Å². The molecule has 1 aliphatic heterocycles. The number of alkyl halides is 1. The number of hydrogen-bond donors (Lipinski definition) is 3. The Labute approximate surface area is 218 Å². The van der Waals surface area contributed by atoms with Gasteiger partial charge in [0.2, 0.25) is 0 Å². The zero-order valence-electron chi connectivity index (χ0n) is 21.5. The molecule has 1 aliphatic rings. The van der Waals surface area contributed by atoms with Crippen molar-refractivity contribution in [1.82, 2.24) is 14.6 Å². The summed E-state index contributed by atoms with van der Waals surface area (Å²) in [6.07, 6.45) is -3.14. The van der Waals surface area contributed by atoms with Gasteiger partial charge in [-0.2, -0.15) is 5.09 Å². The summed E-state index contributed by atoms with van der Waals surface area (Å²) in [4.78, 5) is 38.0. The van der Waals surface area contributed by atoms with Crippen LogP contribution in [0.1, 0.15) is 40.3 Å². The molecule has 1 saturated heterocycles. The first kappa shape index (κ1) is 29.7. The average molecular weight is 558 g/mol. The summed E-state index contributed by atoms with van der Waals surface area (Å²) in [6.45, 7) is 5.93. The largest absolute Gasteiger partial charge is 0.465 e. The summed E-state index contributed by atoms with van der Waals surface area (Å²) in [5.74, 6) is -0.210. The number of H-pyrrole nitrogens is 1. The smallest absolute Gasteiger partial charge is 0.459 e. The second kappa shape index (κ2) is 12.4. The molecule has 38 heavy (non-hydrogen) atoms. The second-order valence-electron chi connectivity index (χ2n) is 9.54. The Morgan fingerprint density at radius 3 is 2.58 bits per heavy atom. The third-order valence-electron chi connectivity index (χ3n) is 5.84. The Bertz CT molecular complexity index is 1250. The van der Waals surface area contributed by atoms with Crippen molar-refractivity contribution < 1.29 is 37.4 Å². The molecule has 3 N–H and O–H groups in total. The summed E-state index contributed by atoms with van der Waals surface area (Å²) in [6, 6.07) is 7.91. The van der Waals surface area contributed by atoms with E-state index in [0.717, 1.165) is 23.8 Å². The third-order valence-corrected chi connectivity index (χ3v) is 7.49. The Kier molecular flexibility index (Phi) is 9.66. The molecular formula is C24H33FN3O9P. The molecule has 1 aromatic carbocycles. The number of halogens is 1. The molecule has 0 aliphatic carbocycles. The van der Waals surface area contributed by atoms with Crippen LogP contribution in [0, 0.1) is 5.92 Å². The first-order valence-electron chi connectivity index (χ1n) is 12.1. The van der Waals surface area contributed by atoms with Gasteiger partial charge < -0.3 is 19.1 Å². The Morgan fingerprint density at radius 1 is 1.26 bits per heavy atom. The van der Waals surface area contributed by atoms with Crippen LogP contribution in [0.2, 0.25) is 0 Å². The van der Waals surface area contributed by atoms with Gasteiger partial charge in [-0.15, -0.1) is 0 Å². The lowest BCUT2D eigenvalue weighted by molar-refractivity contribution is -0.145. The minimum Gasteiger partial charge on any atom is -0.465 e. The number of aliphatic hydroxyl groups is 1. The van der Waals surface area contributed by atoms with Gasteiger partial charge in [-0.1, -0.05) is 32.0 Å². The van der Waals surface area contributed by atoms with Crippen LogP contribution in [0.5, 0.6) is 5.75 Å². The summed E-state index contributed by atoms with van der Waals surface area (Å²) in [5, 5.41) is 13.1. The standard InChI is InChI=1S/C24H33FN3O9P/c1-15(2)11-13-34-21(31)16(3)27-38(33,37-17-8-6-5-7-9-17)35-14-18-20(30)24(4,25)22(36-18)28-12-10-19(29)26-23(28)32/h5-10,12,15-16,18,20,22,30H,11,13-14H2,1-4H3,(H,27,33)(H,26,29,32)/t16-,18+,20+,22+,24?,38?/m0/s1. The second-order valence-corrected chi connectivity index (χ2v) is 11.2. The maximum absolute atomic E-state index is 15.5. The molecule has 2 unspecified atom stereocenters. The van der Waals surface area contributed by atoms with Crippen LogP contribution < -0.4 is 20.9 Å². The van der Waals surface area contributed by atoms with Crippen molar-refractivity contribution in [2.75, 3.05) is 13.2 Å². The zero-order chi connectivity index (χ0) is 28.1. The molecular weight excluding hydrogens is 524 g/mol. The number of rotatable bonds is 12. The number of aliphatic hydroxyl groups excluding tert-OH is 1. The molecule has 0 bridgehead atoms. The van der Waals surface area contributed by atoms with Gasteiger partial charge in [0.25, 0.3) is 5.56 Å². The van der Waals surface area contributed by atoms with Crippen molar-refractivity contribution in [2.45, 2.75) is 64.3 Å². The van der Waals surface area contributed by atoms with E-state index in [1.54, 1.807) is 18.2 Å². The van der Waals surface area contributed by atoms with Crippen LogP contribution in [0.25, 0.3) is 0 Å². The molecule has 1 fully saturated rings. The lowest BCUT2D eigenvalue weighted by Crippen LogP contribution is -2.43. The molecule has 1 aromatic heterocycles. The average Bonchev–Trinajstić information content (AvgIpc) is 3.06. The number of carbonyl (C=O) groups excluding carboxylic acids is 1. The van der Waals surface area contributed by atoms with Gasteiger partial charge in [-0.3, -0.25) is 23.7 Å². The summed E-state index contributed by atoms with van der Waals surface area (Å²) in [7, 11) is -4.31.